The summed E-state index contributed by atoms with van der Waals surface area (Å²) in [4.78, 5) is 22.4. The van der Waals surface area contributed by atoms with Crippen LogP contribution in [-0.4, -0.2) is 58.9 Å². The Labute approximate surface area is 158 Å². The lowest BCUT2D eigenvalue weighted by Gasteiger charge is -2.32. The third kappa shape index (κ3) is 4.99. The number of fused-ring (bicyclic) bond motifs is 1. The molecule has 0 aliphatic carbocycles. The van der Waals surface area contributed by atoms with E-state index in [1.807, 2.05) is 29.2 Å². The lowest BCUT2D eigenvalue weighted by atomic mass is 10.1. The largest absolute Gasteiger partial charge is 0.378 e. The third-order valence-electron chi connectivity index (χ3n) is 4.75. The summed E-state index contributed by atoms with van der Waals surface area (Å²) in [5.41, 5.74) is 7.50. The minimum Gasteiger partial charge on any atom is -0.378 e. The van der Waals surface area contributed by atoms with Crippen molar-refractivity contribution in [2.24, 2.45) is 5.73 Å². The van der Waals surface area contributed by atoms with E-state index in [-0.39, 0.29) is 17.3 Å². The molecule has 1 atom stereocenters. The van der Waals surface area contributed by atoms with Gasteiger partial charge in [0.25, 0.3) is 0 Å². The number of carbonyl (C=O) groups excluding carboxylic acids is 1. The molecule has 3 N–H and O–H groups in total. The van der Waals surface area contributed by atoms with Crippen molar-refractivity contribution < 1.29 is 9.53 Å². The Morgan fingerprint density at radius 1 is 1.42 bits per heavy atom. The van der Waals surface area contributed by atoms with Crippen molar-refractivity contribution in [1.82, 2.24) is 14.9 Å². The van der Waals surface area contributed by atoms with Gasteiger partial charge in [0.2, 0.25) is 5.91 Å². The summed E-state index contributed by atoms with van der Waals surface area (Å²) < 4.78 is 5.80. The van der Waals surface area contributed by atoms with Crippen LogP contribution in [0.1, 0.15) is 37.3 Å². The number of rotatable bonds is 8. The fourth-order valence-electron chi connectivity index (χ4n) is 3.14. The van der Waals surface area contributed by atoms with E-state index in [0.717, 1.165) is 55.8 Å². The number of nitrogens with one attached hydrogen (secondary N) is 1. The standard InChI is InChI=1S/C19H28N4O2S/c1-14(19-21-16-5-2-3-6-17(16)22-19)26-13-18(24)23-10-7-15(8-11-23)25-12-4-9-20/h2-3,5-6,14-15H,4,7-13,20H2,1H3,(H,21,22). The van der Waals surface area contributed by atoms with E-state index in [0.29, 0.717) is 12.3 Å². The molecule has 1 fully saturated rings. The monoisotopic (exact) mass is 376 g/mol. The number of H-pyrrole nitrogens is 1. The Balaban J connectivity index is 1.42. The Hall–Kier alpha value is -1.57. The lowest BCUT2D eigenvalue weighted by Crippen LogP contribution is -2.41. The molecule has 6 nitrogen and oxygen atoms in total. The van der Waals surface area contributed by atoms with Crippen molar-refractivity contribution in [2.45, 2.75) is 37.5 Å². The van der Waals surface area contributed by atoms with Crippen LogP contribution in [0.3, 0.4) is 0 Å². The molecular formula is C19H28N4O2S. The first-order chi connectivity index (χ1) is 12.7. The van der Waals surface area contributed by atoms with Crippen LogP contribution in [0.15, 0.2) is 24.3 Å². The molecule has 0 bridgehead atoms. The van der Waals surface area contributed by atoms with E-state index in [1.54, 1.807) is 11.8 Å². The highest BCUT2D eigenvalue weighted by molar-refractivity contribution is 8.00. The number of nitrogens with zero attached hydrogens (tertiary/aromatic N) is 2. The van der Waals surface area contributed by atoms with Crippen molar-refractivity contribution in [3.63, 3.8) is 0 Å². The first-order valence-electron chi connectivity index (χ1n) is 9.33. The number of hydrogen-bond donors (Lipinski definition) is 2. The molecule has 0 saturated carbocycles. The summed E-state index contributed by atoms with van der Waals surface area (Å²) in [6.07, 6.45) is 3.00. The molecule has 1 aliphatic heterocycles. The van der Waals surface area contributed by atoms with Gasteiger partial charge in [-0.3, -0.25) is 4.79 Å². The minimum absolute atomic E-state index is 0.156. The topological polar surface area (TPSA) is 84.2 Å². The first-order valence-corrected chi connectivity index (χ1v) is 10.4. The number of ether oxygens (including phenoxy) is 1. The predicted octanol–water partition coefficient (Wildman–Crippen LogP) is 2.71. The van der Waals surface area contributed by atoms with Crippen molar-refractivity contribution >= 4 is 28.7 Å². The molecule has 142 valence electrons. The lowest BCUT2D eigenvalue weighted by molar-refractivity contribution is -0.130. The molecule has 3 rings (SSSR count). The average Bonchev–Trinajstić information content (AvgIpc) is 3.11. The summed E-state index contributed by atoms with van der Waals surface area (Å²) in [5.74, 6) is 1.62. The average molecular weight is 377 g/mol. The van der Waals surface area contributed by atoms with Crippen LogP contribution in [0.2, 0.25) is 0 Å². The van der Waals surface area contributed by atoms with Crippen LogP contribution in [0.25, 0.3) is 11.0 Å². The fraction of sp³-hybridized carbons (Fsp3) is 0.579. The van der Waals surface area contributed by atoms with Gasteiger partial charge in [-0.05, 0) is 44.9 Å². The van der Waals surface area contributed by atoms with E-state index < -0.39 is 0 Å². The third-order valence-corrected chi connectivity index (χ3v) is 5.88. The number of thioether (sulfide) groups is 1. The van der Waals surface area contributed by atoms with Crippen molar-refractivity contribution in [3.8, 4) is 0 Å². The van der Waals surface area contributed by atoms with Gasteiger partial charge in [-0.15, -0.1) is 11.8 Å². The molecule has 7 heteroatoms. The van der Waals surface area contributed by atoms with Crippen LogP contribution in [0, 0.1) is 0 Å². The zero-order valence-electron chi connectivity index (χ0n) is 15.3. The normalized spacial score (nSPS) is 16.9. The minimum atomic E-state index is 0.156. The van der Waals surface area contributed by atoms with Crippen molar-refractivity contribution in [3.05, 3.63) is 30.1 Å². The van der Waals surface area contributed by atoms with Gasteiger partial charge < -0.3 is 20.4 Å². The number of imidazole rings is 1. The molecule has 26 heavy (non-hydrogen) atoms. The first kappa shape index (κ1) is 19.2. The number of carbonyl (C=O) groups is 1. The molecule has 0 radical (unpaired) electrons. The fourth-order valence-corrected chi connectivity index (χ4v) is 3.98. The highest BCUT2D eigenvalue weighted by atomic mass is 32.2. The number of piperidine rings is 1. The van der Waals surface area contributed by atoms with E-state index >= 15 is 0 Å². The molecule has 2 heterocycles. The molecule has 1 aromatic heterocycles. The van der Waals surface area contributed by atoms with Gasteiger partial charge >= 0.3 is 0 Å². The summed E-state index contributed by atoms with van der Waals surface area (Å²) in [6.45, 7) is 5.04. The molecule has 1 amide bonds. The number of benzene rings is 1. The van der Waals surface area contributed by atoms with Crippen LogP contribution in [0.5, 0.6) is 0 Å². The molecule has 1 aliphatic rings. The summed E-state index contributed by atoms with van der Waals surface area (Å²) in [5, 5.41) is 0.156. The molecule has 0 spiro atoms. The molecular weight excluding hydrogens is 348 g/mol. The number of aromatic amines is 1. The Kier molecular flexibility index (Phi) is 6.93. The molecule has 1 unspecified atom stereocenters. The second kappa shape index (κ2) is 9.39. The highest BCUT2D eigenvalue weighted by Gasteiger charge is 2.24. The van der Waals surface area contributed by atoms with Crippen LogP contribution < -0.4 is 5.73 Å². The van der Waals surface area contributed by atoms with Crippen LogP contribution in [-0.2, 0) is 9.53 Å². The molecule has 1 aromatic carbocycles. The van der Waals surface area contributed by atoms with Crippen molar-refractivity contribution in [1.29, 1.82) is 0 Å². The number of likely N-dealkylation sites (tertiary alicyclic amines) is 1. The zero-order valence-corrected chi connectivity index (χ0v) is 16.1. The number of nitrogens with two attached hydrogens (primary N) is 1. The van der Waals surface area contributed by atoms with E-state index in [1.165, 1.54) is 0 Å². The zero-order chi connectivity index (χ0) is 18.4. The van der Waals surface area contributed by atoms with E-state index in [9.17, 15) is 4.79 Å². The highest BCUT2D eigenvalue weighted by Crippen LogP contribution is 2.28. The van der Waals surface area contributed by atoms with Crippen LogP contribution in [0.4, 0.5) is 0 Å². The quantitative estimate of drug-likeness (QED) is 0.692. The summed E-state index contributed by atoms with van der Waals surface area (Å²) in [7, 11) is 0. The Morgan fingerprint density at radius 3 is 2.92 bits per heavy atom. The smallest absolute Gasteiger partial charge is 0.232 e. The Morgan fingerprint density at radius 2 is 2.19 bits per heavy atom. The molecule has 2 aromatic rings. The second-order valence-corrected chi connectivity index (χ2v) is 8.01. The SMILES string of the molecule is CC(SCC(=O)N1CCC(OCCCN)CC1)c1nc2ccccc2[nH]1. The number of hydrogen-bond acceptors (Lipinski definition) is 5. The second-order valence-electron chi connectivity index (χ2n) is 6.69. The number of amides is 1. The maximum Gasteiger partial charge on any atom is 0.232 e. The van der Waals surface area contributed by atoms with E-state index in [4.69, 9.17) is 10.5 Å². The van der Waals surface area contributed by atoms with Gasteiger partial charge in [0.05, 0.1) is 28.1 Å². The van der Waals surface area contributed by atoms with E-state index in [2.05, 4.69) is 16.9 Å². The van der Waals surface area contributed by atoms with Gasteiger partial charge in [0.1, 0.15) is 5.82 Å². The summed E-state index contributed by atoms with van der Waals surface area (Å²) >= 11 is 1.63. The number of para-hydroxylation sites is 2. The maximum absolute atomic E-state index is 12.5. The predicted molar refractivity (Wildman–Crippen MR) is 106 cm³/mol. The van der Waals surface area contributed by atoms with Crippen molar-refractivity contribution in [2.75, 3.05) is 32.0 Å². The van der Waals surface area contributed by atoms with Crippen LogP contribution >= 0.6 is 11.8 Å². The van der Waals surface area contributed by atoms with Gasteiger partial charge in [-0.2, -0.15) is 0 Å². The molecule has 1 saturated heterocycles. The van der Waals surface area contributed by atoms with Gasteiger partial charge in [-0.25, -0.2) is 4.98 Å². The van der Waals surface area contributed by atoms with Gasteiger partial charge in [0, 0.05) is 19.7 Å². The summed E-state index contributed by atoms with van der Waals surface area (Å²) in [6, 6.07) is 8.00. The Bertz CT molecular complexity index is 679. The van der Waals surface area contributed by atoms with Gasteiger partial charge in [0.15, 0.2) is 0 Å². The maximum atomic E-state index is 12.5. The van der Waals surface area contributed by atoms with Gasteiger partial charge in [-0.1, -0.05) is 12.1 Å². The number of aromatic nitrogens is 2.